The maximum atomic E-state index is 12.1. The van der Waals surface area contributed by atoms with Crippen molar-refractivity contribution in [1.82, 2.24) is 0 Å². The number of ketones is 1. The predicted octanol–water partition coefficient (Wildman–Crippen LogP) is 1.89. The van der Waals surface area contributed by atoms with Crippen molar-refractivity contribution in [3.8, 4) is 0 Å². The summed E-state index contributed by atoms with van der Waals surface area (Å²) in [4.78, 5) is 23.0. The molecule has 1 aliphatic rings. The van der Waals surface area contributed by atoms with Gasteiger partial charge in [-0.05, 0) is 12.5 Å². The number of hydrogen-bond donors (Lipinski definition) is 0. The van der Waals surface area contributed by atoms with Crippen molar-refractivity contribution >= 4 is 11.8 Å². The Morgan fingerprint density at radius 1 is 1.56 bits per heavy atom. The third kappa shape index (κ3) is 1.64. The van der Waals surface area contributed by atoms with Crippen molar-refractivity contribution < 1.29 is 18.7 Å². The number of esters is 1. The van der Waals surface area contributed by atoms with Crippen molar-refractivity contribution in [1.29, 1.82) is 0 Å². The van der Waals surface area contributed by atoms with Gasteiger partial charge >= 0.3 is 5.97 Å². The zero-order valence-electron chi connectivity index (χ0n) is 9.57. The van der Waals surface area contributed by atoms with Gasteiger partial charge in [-0.15, -0.1) is 0 Å². The van der Waals surface area contributed by atoms with E-state index in [4.69, 9.17) is 9.15 Å². The van der Waals surface area contributed by atoms with Crippen LogP contribution in [0.2, 0.25) is 0 Å². The second-order valence-electron chi connectivity index (χ2n) is 4.29. The zero-order valence-corrected chi connectivity index (χ0v) is 9.57. The minimum Gasteiger partial charge on any atom is -0.468 e. The summed E-state index contributed by atoms with van der Waals surface area (Å²) in [6.45, 7) is 5.02. The first-order valence-corrected chi connectivity index (χ1v) is 5.29. The molecule has 4 heteroatoms. The lowest BCUT2D eigenvalue weighted by Gasteiger charge is -2.26. The summed E-state index contributed by atoms with van der Waals surface area (Å²) >= 11 is 0. The fourth-order valence-electron chi connectivity index (χ4n) is 2.13. The van der Waals surface area contributed by atoms with E-state index in [1.54, 1.807) is 6.26 Å². The van der Waals surface area contributed by atoms with Gasteiger partial charge in [0.15, 0.2) is 6.10 Å². The van der Waals surface area contributed by atoms with Crippen LogP contribution in [0, 0.1) is 12.8 Å². The second kappa shape index (κ2) is 3.77. The standard InChI is InChI=1S/C12H14O4/c1-6-4-9-10(7(2)5-15-9)11(14)12(6)16-8(3)13/h5-6,12H,4H2,1-3H3/t6-,12-/m0/s1. The summed E-state index contributed by atoms with van der Waals surface area (Å²) in [6, 6.07) is 0. The van der Waals surface area contributed by atoms with E-state index in [2.05, 4.69) is 0 Å². The van der Waals surface area contributed by atoms with E-state index in [0.717, 1.165) is 5.56 Å². The molecule has 0 aliphatic heterocycles. The second-order valence-corrected chi connectivity index (χ2v) is 4.29. The Morgan fingerprint density at radius 3 is 2.88 bits per heavy atom. The van der Waals surface area contributed by atoms with Gasteiger partial charge in [0, 0.05) is 19.3 Å². The van der Waals surface area contributed by atoms with Gasteiger partial charge in [-0.1, -0.05) is 6.92 Å². The molecule has 0 fully saturated rings. The third-order valence-electron chi connectivity index (χ3n) is 2.87. The Labute approximate surface area is 93.6 Å². The van der Waals surface area contributed by atoms with Gasteiger partial charge in [0.05, 0.1) is 11.8 Å². The van der Waals surface area contributed by atoms with Crippen LogP contribution in [0.1, 0.15) is 35.5 Å². The van der Waals surface area contributed by atoms with Gasteiger partial charge in [0.25, 0.3) is 0 Å². The van der Waals surface area contributed by atoms with E-state index in [0.29, 0.717) is 17.7 Å². The molecule has 0 saturated carbocycles. The Kier molecular flexibility index (Phi) is 2.58. The normalized spacial score (nSPS) is 24.1. The predicted molar refractivity (Wildman–Crippen MR) is 56.2 cm³/mol. The van der Waals surface area contributed by atoms with E-state index in [9.17, 15) is 9.59 Å². The Bertz CT molecular complexity index is 444. The lowest BCUT2D eigenvalue weighted by atomic mass is 9.84. The number of hydrogen-bond acceptors (Lipinski definition) is 4. The molecule has 4 nitrogen and oxygen atoms in total. The van der Waals surface area contributed by atoms with Gasteiger partial charge in [-0.25, -0.2) is 0 Å². The van der Waals surface area contributed by atoms with Crippen molar-refractivity contribution in [2.45, 2.75) is 33.3 Å². The quantitative estimate of drug-likeness (QED) is 0.681. The molecule has 86 valence electrons. The average molecular weight is 222 g/mol. The number of rotatable bonds is 1. The number of aryl methyl sites for hydroxylation is 1. The minimum absolute atomic E-state index is 0.0329. The molecule has 1 aromatic heterocycles. The van der Waals surface area contributed by atoms with Crippen LogP contribution >= 0.6 is 0 Å². The van der Waals surface area contributed by atoms with Crippen LogP contribution in [0.15, 0.2) is 10.7 Å². The van der Waals surface area contributed by atoms with E-state index >= 15 is 0 Å². The third-order valence-corrected chi connectivity index (χ3v) is 2.87. The molecular weight excluding hydrogens is 208 g/mol. The number of Topliss-reactive ketones (excluding diaryl/α,β-unsaturated/α-hetero) is 1. The van der Waals surface area contributed by atoms with Gasteiger partial charge in [0.1, 0.15) is 5.76 Å². The molecule has 16 heavy (non-hydrogen) atoms. The van der Waals surface area contributed by atoms with Crippen LogP contribution in [0.3, 0.4) is 0 Å². The van der Waals surface area contributed by atoms with E-state index in [-0.39, 0.29) is 11.7 Å². The molecule has 2 atom stereocenters. The molecule has 1 aromatic rings. The first-order chi connectivity index (χ1) is 7.50. The van der Waals surface area contributed by atoms with Crippen LogP contribution < -0.4 is 0 Å². The zero-order chi connectivity index (χ0) is 11.9. The summed E-state index contributed by atoms with van der Waals surface area (Å²) in [6.07, 6.45) is 1.54. The molecule has 0 radical (unpaired) electrons. The number of furan rings is 1. The smallest absolute Gasteiger partial charge is 0.303 e. The molecule has 0 saturated heterocycles. The lowest BCUT2D eigenvalue weighted by molar-refractivity contribution is -0.146. The summed E-state index contributed by atoms with van der Waals surface area (Å²) in [5, 5.41) is 0. The SMILES string of the molecule is CC(=O)O[C@@H]1C(=O)c2c(C)coc2C[C@@H]1C. The molecule has 0 spiro atoms. The molecule has 0 bridgehead atoms. The molecule has 1 aliphatic carbocycles. The highest BCUT2D eigenvalue weighted by Gasteiger charge is 2.38. The highest BCUT2D eigenvalue weighted by Crippen LogP contribution is 2.30. The number of carbonyl (C=O) groups is 2. The fraction of sp³-hybridized carbons (Fsp3) is 0.500. The van der Waals surface area contributed by atoms with E-state index in [1.165, 1.54) is 6.92 Å². The minimum atomic E-state index is -0.665. The van der Waals surface area contributed by atoms with E-state index in [1.807, 2.05) is 13.8 Å². The first kappa shape index (κ1) is 10.9. The molecule has 0 unspecified atom stereocenters. The number of carbonyl (C=O) groups excluding carboxylic acids is 2. The van der Waals surface area contributed by atoms with Gasteiger partial charge in [0.2, 0.25) is 5.78 Å². The Hall–Kier alpha value is -1.58. The van der Waals surface area contributed by atoms with E-state index < -0.39 is 12.1 Å². The van der Waals surface area contributed by atoms with Crippen LogP contribution in [0.5, 0.6) is 0 Å². The highest BCUT2D eigenvalue weighted by atomic mass is 16.5. The van der Waals surface area contributed by atoms with Crippen molar-refractivity contribution in [3.05, 3.63) is 23.2 Å². The largest absolute Gasteiger partial charge is 0.468 e. The maximum Gasteiger partial charge on any atom is 0.303 e. The van der Waals surface area contributed by atoms with Gasteiger partial charge in [-0.3, -0.25) is 9.59 Å². The van der Waals surface area contributed by atoms with Crippen LogP contribution in [-0.2, 0) is 16.0 Å². The molecule has 0 N–H and O–H groups in total. The van der Waals surface area contributed by atoms with Gasteiger partial charge < -0.3 is 9.15 Å². The summed E-state index contributed by atoms with van der Waals surface area (Å²) in [5.41, 5.74) is 1.40. The summed E-state index contributed by atoms with van der Waals surface area (Å²) < 4.78 is 10.4. The topological polar surface area (TPSA) is 56.5 Å². The molecular formula is C12H14O4. The Balaban J connectivity index is 2.36. The number of fused-ring (bicyclic) bond motifs is 1. The summed E-state index contributed by atoms with van der Waals surface area (Å²) in [7, 11) is 0. The van der Waals surface area contributed by atoms with Crippen LogP contribution in [0.4, 0.5) is 0 Å². The maximum absolute atomic E-state index is 12.1. The lowest BCUT2D eigenvalue weighted by Crippen LogP contribution is -2.38. The van der Waals surface area contributed by atoms with Crippen molar-refractivity contribution in [3.63, 3.8) is 0 Å². The van der Waals surface area contributed by atoms with Crippen molar-refractivity contribution in [2.24, 2.45) is 5.92 Å². The fourth-order valence-corrected chi connectivity index (χ4v) is 2.13. The summed E-state index contributed by atoms with van der Waals surface area (Å²) in [5.74, 6) is 0.109. The molecule has 1 heterocycles. The van der Waals surface area contributed by atoms with Gasteiger partial charge in [-0.2, -0.15) is 0 Å². The molecule has 0 amide bonds. The van der Waals surface area contributed by atoms with Crippen LogP contribution in [-0.4, -0.2) is 17.9 Å². The molecule has 0 aromatic carbocycles. The van der Waals surface area contributed by atoms with Crippen molar-refractivity contribution in [2.75, 3.05) is 0 Å². The average Bonchev–Trinajstić information content (AvgIpc) is 2.54. The first-order valence-electron chi connectivity index (χ1n) is 5.29. The molecule has 2 rings (SSSR count). The van der Waals surface area contributed by atoms with Crippen LogP contribution in [0.25, 0.3) is 0 Å². The number of ether oxygens (including phenoxy) is 1. The monoisotopic (exact) mass is 222 g/mol. The Morgan fingerprint density at radius 2 is 2.25 bits per heavy atom. The highest BCUT2D eigenvalue weighted by molar-refractivity contribution is 6.03.